The maximum absolute atomic E-state index is 12.6. The van der Waals surface area contributed by atoms with E-state index in [0.717, 1.165) is 16.8 Å². The molecule has 1 aliphatic rings. The predicted octanol–water partition coefficient (Wildman–Crippen LogP) is 4.26. The molecule has 1 atom stereocenters. The normalized spacial score (nSPS) is 20.1. The van der Waals surface area contributed by atoms with Gasteiger partial charge in [-0.05, 0) is 42.8 Å². The lowest BCUT2D eigenvalue weighted by Gasteiger charge is -2.25. The lowest BCUT2D eigenvalue weighted by Crippen LogP contribution is -2.32. The first-order valence-electron chi connectivity index (χ1n) is 6.42. The van der Waals surface area contributed by atoms with Crippen molar-refractivity contribution in [2.75, 3.05) is 12.4 Å². The van der Waals surface area contributed by atoms with Crippen LogP contribution in [0.4, 0.5) is 5.69 Å². The second-order valence-corrected chi connectivity index (χ2v) is 5.99. The van der Waals surface area contributed by atoms with E-state index in [0.29, 0.717) is 15.8 Å². The summed E-state index contributed by atoms with van der Waals surface area (Å²) in [5.74, 6) is 0.500. The highest BCUT2D eigenvalue weighted by atomic mass is 35.5. The number of nitrogens with one attached hydrogen (secondary N) is 1. The number of hydrogen-bond acceptors (Lipinski definition) is 2. The monoisotopic (exact) mass is 321 g/mol. The number of amides is 1. The molecule has 1 N–H and O–H groups in total. The first-order chi connectivity index (χ1) is 9.96. The van der Waals surface area contributed by atoms with Crippen molar-refractivity contribution in [1.29, 1.82) is 0 Å². The van der Waals surface area contributed by atoms with Crippen molar-refractivity contribution < 1.29 is 9.53 Å². The van der Waals surface area contributed by atoms with Crippen LogP contribution in [-0.2, 0) is 10.2 Å². The molecule has 0 spiro atoms. The van der Waals surface area contributed by atoms with E-state index in [9.17, 15) is 4.79 Å². The fraction of sp³-hybridized carbons (Fsp3) is 0.188. The molecule has 0 saturated heterocycles. The number of carbonyl (C=O) groups excluding carboxylic acids is 1. The van der Waals surface area contributed by atoms with E-state index in [1.165, 1.54) is 0 Å². The van der Waals surface area contributed by atoms with E-state index < -0.39 is 5.41 Å². The van der Waals surface area contributed by atoms with Gasteiger partial charge in [0.2, 0.25) is 5.91 Å². The van der Waals surface area contributed by atoms with E-state index in [1.54, 1.807) is 37.4 Å². The fourth-order valence-electron chi connectivity index (χ4n) is 2.76. The topological polar surface area (TPSA) is 38.3 Å². The van der Waals surface area contributed by atoms with Crippen LogP contribution in [-0.4, -0.2) is 13.0 Å². The Morgan fingerprint density at radius 3 is 2.43 bits per heavy atom. The van der Waals surface area contributed by atoms with Gasteiger partial charge in [0.1, 0.15) is 11.2 Å². The summed E-state index contributed by atoms with van der Waals surface area (Å²) < 4.78 is 5.40. The van der Waals surface area contributed by atoms with Crippen LogP contribution in [0.3, 0.4) is 0 Å². The minimum Gasteiger partial charge on any atom is -0.496 e. The first-order valence-corrected chi connectivity index (χ1v) is 7.18. The van der Waals surface area contributed by atoms with Crippen molar-refractivity contribution in [3.63, 3.8) is 0 Å². The van der Waals surface area contributed by atoms with Gasteiger partial charge in [0, 0.05) is 21.3 Å². The highest BCUT2D eigenvalue weighted by Gasteiger charge is 2.46. The Morgan fingerprint density at radius 1 is 1.05 bits per heavy atom. The standard InChI is InChI=1S/C16H13Cl2NO2/c1-16(12-7-9(17)4-6-14(12)21-2)11-5-3-10(18)8-13(11)19-15(16)20/h3-8H,1-2H3,(H,19,20). The second-order valence-electron chi connectivity index (χ2n) is 5.11. The van der Waals surface area contributed by atoms with Gasteiger partial charge in [0.25, 0.3) is 0 Å². The summed E-state index contributed by atoms with van der Waals surface area (Å²) in [6.45, 7) is 1.86. The molecule has 3 rings (SSSR count). The zero-order valence-corrected chi connectivity index (χ0v) is 13.0. The molecule has 0 aliphatic carbocycles. The van der Waals surface area contributed by atoms with Crippen molar-refractivity contribution in [2.24, 2.45) is 0 Å². The Hall–Kier alpha value is -1.71. The predicted molar refractivity (Wildman–Crippen MR) is 84.5 cm³/mol. The molecule has 2 aromatic carbocycles. The number of methoxy groups -OCH3 is 1. The summed E-state index contributed by atoms with van der Waals surface area (Å²) in [5, 5.41) is 4.01. The molecule has 0 aromatic heterocycles. The van der Waals surface area contributed by atoms with Gasteiger partial charge >= 0.3 is 0 Å². The highest BCUT2D eigenvalue weighted by Crippen LogP contribution is 2.46. The Morgan fingerprint density at radius 2 is 1.71 bits per heavy atom. The Bertz CT molecular complexity index is 745. The molecular weight excluding hydrogens is 309 g/mol. The van der Waals surface area contributed by atoms with Crippen LogP contribution >= 0.6 is 23.2 Å². The minimum absolute atomic E-state index is 0.125. The van der Waals surface area contributed by atoms with Crippen LogP contribution in [0.1, 0.15) is 18.1 Å². The van der Waals surface area contributed by atoms with Crippen LogP contribution in [0.2, 0.25) is 10.0 Å². The Balaban J connectivity index is 2.27. The van der Waals surface area contributed by atoms with Crippen LogP contribution < -0.4 is 10.1 Å². The van der Waals surface area contributed by atoms with E-state index >= 15 is 0 Å². The minimum atomic E-state index is -0.865. The van der Waals surface area contributed by atoms with Gasteiger partial charge in [-0.3, -0.25) is 4.79 Å². The van der Waals surface area contributed by atoms with Crippen LogP contribution in [0.15, 0.2) is 36.4 Å². The second kappa shape index (κ2) is 4.93. The lowest BCUT2D eigenvalue weighted by molar-refractivity contribution is -0.119. The average Bonchev–Trinajstić information content (AvgIpc) is 2.70. The molecule has 0 bridgehead atoms. The molecule has 5 heteroatoms. The van der Waals surface area contributed by atoms with Crippen molar-refractivity contribution in [3.05, 3.63) is 57.6 Å². The van der Waals surface area contributed by atoms with Gasteiger partial charge in [-0.15, -0.1) is 0 Å². The number of halogens is 2. The van der Waals surface area contributed by atoms with Crippen molar-refractivity contribution in [3.8, 4) is 5.75 Å². The third kappa shape index (κ3) is 2.08. The molecule has 0 radical (unpaired) electrons. The van der Waals surface area contributed by atoms with Gasteiger partial charge in [-0.2, -0.15) is 0 Å². The van der Waals surface area contributed by atoms with Crippen LogP contribution in [0.25, 0.3) is 0 Å². The smallest absolute Gasteiger partial charge is 0.239 e. The molecule has 2 aromatic rings. The molecule has 0 fully saturated rings. The van der Waals surface area contributed by atoms with Crippen LogP contribution in [0, 0.1) is 0 Å². The molecular formula is C16H13Cl2NO2. The molecule has 3 nitrogen and oxygen atoms in total. The lowest BCUT2D eigenvalue weighted by atomic mass is 9.77. The van der Waals surface area contributed by atoms with Gasteiger partial charge in [0.15, 0.2) is 0 Å². The summed E-state index contributed by atoms with van der Waals surface area (Å²) in [7, 11) is 1.58. The zero-order valence-electron chi connectivity index (χ0n) is 11.5. The molecule has 21 heavy (non-hydrogen) atoms. The molecule has 1 unspecified atom stereocenters. The first kappa shape index (κ1) is 14.2. The molecule has 1 amide bonds. The third-order valence-electron chi connectivity index (χ3n) is 3.92. The SMILES string of the molecule is COc1ccc(Cl)cc1C1(C)C(=O)Nc2cc(Cl)ccc21. The largest absolute Gasteiger partial charge is 0.496 e. The van der Waals surface area contributed by atoms with E-state index in [4.69, 9.17) is 27.9 Å². The third-order valence-corrected chi connectivity index (χ3v) is 4.39. The number of hydrogen-bond donors (Lipinski definition) is 1. The summed E-state index contributed by atoms with van der Waals surface area (Å²) >= 11 is 12.1. The maximum Gasteiger partial charge on any atom is 0.239 e. The molecule has 108 valence electrons. The van der Waals surface area contributed by atoms with Crippen molar-refractivity contribution >= 4 is 34.8 Å². The van der Waals surface area contributed by atoms with Crippen LogP contribution in [0.5, 0.6) is 5.75 Å². The number of rotatable bonds is 2. The van der Waals surface area contributed by atoms with Gasteiger partial charge in [0.05, 0.1) is 7.11 Å². The highest BCUT2D eigenvalue weighted by molar-refractivity contribution is 6.31. The number of fused-ring (bicyclic) bond motifs is 1. The maximum atomic E-state index is 12.6. The number of anilines is 1. The molecule has 1 heterocycles. The van der Waals surface area contributed by atoms with E-state index in [1.807, 2.05) is 13.0 Å². The Kier molecular flexibility index (Phi) is 3.34. The molecule has 1 aliphatic heterocycles. The average molecular weight is 322 g/mol. The summed E-state index contributed by atoms with van der Waals surface area (Å²) in [6.07, 6.45) is 0. The molecule has 0 saturated carbocycles. The van der Waals surface area contributed by atoms with Gasteiger partial charge < -0.3 is 10.1 Å². The van der Waals surface area contributed by atoms with Crippen molar-refractivity contribution in [1.82, 2.24) is 0 Å². The Labute approximate surface area is 132 Å². The van der Waals surface area contributed by atoms with Crippen molar-refractivity contribution in [2.45, 2.75) is 12.3 Å². The zero-order chi connectivity index (χ0) is 15.2. The summed E-state index contributed by atoms with van der Waals surface area (Å²) in [6, 6.07) is 10.7. The number of carbonyl (C=O) groups is 1. The number of benzene rings is 2. The van der Waals surface area contributed by atoms with E-state index in [2.05, 4.69) is 5.32 Å². The summed E-state index contributed by atoms with van der Waals surface area (Å²) in [4.78, 5) is 12.6. The number of ether oxygens (including phenoxy) is 1. The van der Waals surface area contributed by atoms with E-state index in [-0.39, 0.29) is 5.91 Å². The van der Waals surface area contributed by atoms with Gasteiger partial charge in [-0.1, -0.05) is 29.3 Å². The quantitative estimate of drug-likeness (QED) is 0.897. The summed E-state index contributed by atoms with van der Waals surface area (Å²) in [5.41, 5.74) is 1.45. The fourth-order valence-corrected chi connectivity index (χ4v) is 3.11. The van der Waals surface area contributed by atoms with Gasteiger partial charge in [-0.25, -0.2) is 0 Å².